The summed E-state index contributed by atoms with van der Waals surface area (Å²) in [5.41, 5.74) is 3.65. The first kappa shape index (κ1) is 15.4. The van der Waals surface area contributed by atoms with E-state index in [1.807, 2.05) is 56.3 Å². The van der Waals surface area contributed by atoms with Crippen LogP contribution in [0.25, 0.3) is 0 Å². The predicted molar refractivity (Wildman–Crippen MR) is 72.0 cm³/mol. The molecule has 0 aromatic heterocycles. The summed E-state index contributed by atoms with van der Waals surface area (Å²) in [6.07, 6.45) is 1.70. The molecule has 97 valence electrons. The molecule has 0 fully saturated rings. The minimum absolute atomic E-state index is 0.296. The predicted octanol–water partition coefficient (Wildman–Crippen LogP) is 3.64. The molecule has 0 atom stereocenters. The van der Waals surface area contributed by atoms with Gasteiger partial charge in [-0.2, -0.15) is 0 Å². The van der Waals surface area contributed by atoms with Gasteiger partial charge in [-0.15, -0.1) is 0 Å². The van der Waals surface area contributed by atoms with Crippen molar-refractivity contribution >= 4 is 11.9 Å². The van der Waals surface area contributed by atoms with Crippen LogP contribution < -0.4 is 0 Å². The van der Waals surface area contributed by atoms with Gasteiger partial charge < -0.3 is 5.11 Å². The molecule has 0 bridgehead atoms. The normalized spacial score (nSPS) is 9.95. The SMILES string of the molecule is Cc1ccccc1N=Cc1cccc(C)c1O.[O]=[V]. The van der Waals surface area contributed by atoms with Crippen molar-refractivity contribution in [2.45, 2.75) is 13.8 Å². The summed E-state index contributed by atoms with van der Waals surface area (Å²) >= 11 is 1.06. The van der Waals surface area contributed by atoms with E-state index in [4.69, 9.17) is 3.67 Å². The molecule has 1 N–H and O–H groups in total. The number of para-hydroxylation sites is 2. The number of aromatic hydroxyl groups is 1. The van der Waals surface area contributed by atoms with Crippen LogP contribution in [0.1, 0.15) is 16.7 Å². The Morgan fingerprint density at radius 1 is 1.00 bits per heavy atom. The molecule has 3 nitrogen and oxygen atoms in total. The quantitative estimate of drug-likeness (QED) is 0.859. The Balaban J connectivity index is 0.000000861. The molecule has 0 aliphatic heterocycles. The number of phenolic OH excluding ortho intramolecular Hbond substituents is 1. The van der Waals surface area contributed by atoms with Crippen molar-refractivity contribution in [2.75, 3.05) is 0 Å². The molecule has 0 radical (unpaired) electrons. The van der Waals surface area contributed by atoms with E-state index in [0.29, 0.717) is 5.75 Å². The zero-order valence-corrected chi connectivity index (χ0v) is 12.3. The number of phenols is 1. The second-order valence-electron chi connectivity index (χ2n) is 4.06. The van der Waals surface area contributed by atoms with E-state index >= 15 is 0 Å². The van der Waals surface area contributed by atoms with Gasteiger partial charge in [-0.3, -0.25) is 4.99 Å². The van der Waals surface area contributed by atoms with Crippen LogP contribution in [0.3, 0.4) is 0 Å². The third-order valence-corrected chi connectivity index (χ3v) is 2.73. The number of hydrogen-bond acceptors (Lipinski definition) is 3. The van der Waals surface area contributed by atoms with Crippen LogP contribution in [0.5, 0.6) is 5.75 Å². The summed E-state index contributed by atoms with van der Waals surface area (Å²) in [5, 5.41) is 9.85. The van der Waals surface area contributed by atoms with Gasteiger partial charge in [0.15, 0.2) is 0 Å². The van der Waals surface area contributed by atoms with Gasteiger partial charge in [-0.25, -0.2) is 0 Å². The molecule has 19 heavy (non-hydrogen) atoms. The Bertz CT molecular complexity index is 582. The summed E-state index contributed by atoms with van der Waals surface area (Å²) in [5.74, 6) is 0.296. The number of benzene rings is 2. The van der Waals surface area contributed by atoms with Crippen molar-refractivity contribution in [3.8, 4) is 5.75 Å². The van der Waals surface area contributed by atoms with Crippen molar-refractivity contribution in [3.63, 3.8) is 0 Å². The summed E-state index contributed by atoms with van der Waals surface area (Å²) in [6, 6.07) is 13.6. The Morgan fingerprint density at radius 2 is 1.63 bits per heavy atom. The van der Waals surface area contributed by atoms with Gasteiger partial charge in [0, 0.05) is 11.8 Å². The molecule has 0 aliphatic carbocycles. The van der Waals surface area contributed by atoms with Gasteiger partial charge in [0.2, 0.25) is 0 Å². The Kier molecular flexibility index (Phi) is 6.20. The van der Waals surface area contributed by atoms with E-state index in [1.165, 1.54) is 0 Å². The number of aliphatic imine (C=N–C) groups is 1. The van der Waals surface area contributed by atoms with E-state index in [-0.39, 0.29) is 0 Å². The first-order chi connectivity index (χ1) is 9.18. The fraction of sp³-hybridized carbons (Fsp3) is 0.133. The first-order valence-corrected chi connectivity index (χ1v) is 6.32. The van der Waals surface area contributed by atoms with E-state index in [2.05, 4.69) is 4.99 Å². The van der Waals surface area contributed by atoms with E-state index in [1.54, 1.807) is 6.21 Å². The number of nitrogens with zero attached hydrogens (tertiary/aromatic N) is 1. The average Bonchev–Trinajstić information content (AvgIpc) is 2.44. The average molecular weight is 292 g/mol. The van der Waals surface area contributed by atoms with Crippen molar-refractivity contribution in [3.05, 3.63) is 59.2 Å². The van der Waals surface area contributed by atoms with Gasteiger partial charge in [-0.1, -0.05) is 30.3 Å². The van der Waals surface area contributed by atoms with Crippen LogP contribution in [-0.4, -0.2) is 11.3 Å². The molecule has 0 aliphatic rings. The fourth-order valence-corrected chi connectivity index (χ4v) is 1.63. The molecular weight excluding hydrogens is 277 g/mol. The van der Waals surface area contributed by atoms with Gasteiger partial charge in [0.05, 0.1) is 5.69 Å². The molecule has 0 unspecified atom stereocenters. The summed E-state index contributed by atoms with van der Waals surface area (Å²) in [6.45, 7) is 3.89. The van der Waals surface area contributed by atoms with Crippen LogP contribution in [0.4, 0.5) is 5.69 Å². The van der Waals surface area contributed by atoms with Gasteiger partial charge >= 0.3 is 21.0 Å². The molecule has 2 rings (SSSR count). The second-order valence-corrected chi connectivity index (χ2v) is 4.06. The molecule has 0 saturated heterocycles. The molecular formula is C15H15NO2V. The van der Waals surface area contributed by atoms with E-state index in [0.717, 1.165) is 39.7 Å². The molecule has 0 saturated carbocycles. The topological polar surface area (TPSA) is 49.7 Å². The monoisotopic (exact) mass is 292 g/mol. The third-order valence-electron chi connectivity index (χ3n) is 2.73. The number of hydrogen-bond donors (Lipinski definition) is 1. The fourth-order valence-electron chi connectivity index (χ4n) is 1.63. The second kappa shape index (κ2) is 7.67. The van der Waals surface area contributed by atoms with Gasteiger partial charge in [0.25, 0.3) is 0 Å². The number of rotatable bonds is 2. The molecule has 0 spiro atoms. The van der Waals surface area contributed by atoms with E-state index in [9.17, 15) is 5.11 Å². The minimum atomic E-state index is 0.296. The molecule has 0 amide bonds. The van der Waals surface area contributed by atoms with Crippen LogP contribution in [0.15, 0.2) is 47.5 Å². The van der Waals surface area contributed by atoms with Crippen molar-refractivity contribution in [2.24, 2.45) is 4.99 Å². The molecule has 2 aromatic carbocycles. The van der Waals surface area contributed by atoms with Crippen LogP contribution in [0, 0.1) is 13.8 Å². The Labute approximate surface area is 122 Å². The third kappa shape index (κ3) is 4.16. The first-order valence-electron chi connectivity index (χ1n) is 5.75. The van der Waals surface area contributed by atoms with Gasteiger partial charge in [0.1, 0.15) is 5.75 Å². The zero-order chi connectivity index (χ0) is 14.3. The van der Waals surface area contributed by atoms with E-state index < -0.39 is 0 Å². The van der Waals surface area contributed by atoms with Crippen molar-refractivity contribution < 1.29 is 26.1 Å². The Morgan fingerprint density at radius 3 is 2.32 bits per heavy atom. The van der Waals surface area contributed by atoms with Crippen LogP contribution in [-0.2, 0) is 21.0 Å². The Hall–Kier alpha value is -1.71. The summed E-state index contributed by atoms with van der Waals surface area (Å²) in [4.78, 5) is 4.39. The van der Waals surface area contributed by atoms with Crippen molar-refractivity contribution in [1.82, 2.24) is 0 Å². The maximum absolute atomic E-state index is 9.85. The number of aryl methyl sites for hydroxylation is 2. The molecule has 4 heteroatoms. The zero-order valence-electron chi connectivity index (χ0n) is 10.9. The molecule has 2 aromatic rings. The summed E-state index contributed by atoms with van der Waals surface area (Å²) < 4.78 is 8.19. The maximum atomic E-state index is 9.85. The van der Waals surface area contributed by atoms with Crippen LogP contribution >= 0.6 is 0 Å². The molecule has 0 heterocycles. The van der Waals surface area contributed by atoms with Crippen LogP contribution in [0.2, 0.25) is 0 Å². The summed E-state index contributed by atoms with van der Waals surface area (Å²) in [7, 11) is 0. The van der Waals surface area contributed by atoms with Gasteiger partial charge in [-0.05, 0) is 37.1 Å². The standard InChI is InChI=1S/C15H15NO.O.V/c1-11-6-3-4-9-14(11)16-10-13-8-5-7-12(2)15(13)17;;/h3-10,17H,1-2H3;;. The van der Waals surface area contributed by atoms with Crippen molar-refractivity contribution in [1.29, 1.82) is 0 Å².